The molecule has 0 saturated heterocycles. The number of rotatable bonds is 3. The molecule has 0 bridgehead atoms. The van der Waals surface area contributed by atoms with Gasteiger partial charge in [-0.05, 0) is 43.2 Å². The zero-order valence-electron chi connectivity index (χ0n) is 12.2. The second-order valence-electron chi connectivity index (χ2n) is 5.55. The summed E-state index contributed by atoms with van der Waals surface area (Å²) >= 11 is 0. The molecule has 2 unspecified atom stereocenters. The van der Waals surface area contributed by atoms with Crippen LogP contribution in [0.3, 0.4) is 0 Å². The molecule has 0 aromatic heterocycles. The largest absolute Gasteiger partial charge is 0.370 e. The van der Waals surface area contributed by atoms with Gasteiger partial charge < -0.3 is 11.1 Å². The SMILES string of the molecule is Cc1cccc(NC(N)=NC2CC2c2c(F)cccc2F)c1. The average Bonchev–Trinajstić information content (AvgIpc) is 3.17. The van der Waals surface area contributed by atoms with Gasteiger partial charge in [0.2, 0.25) is 0 Å². The Morgan fingerprint density at radius 3 is 2.55 bits per heavy atom. The molecule has 1 aliphatic rings. The Kier molecular flexibility index (Phi) is 3.79. The molecule has 2 aromatic carbocycles. The zero-order valence-corrected chi connectivity index (χ0v) is 12.2. The minimum absolute atomic E-state index is 0.111. The van der Waals surface area contributed by atoms with Crippen LogP contribution in [0.1, 0.15) is 23.5 Å². The highest BCUT2D eigenvalue weighted by Crippen LogP contribution is 2.45. The quantitative estimate of drug-likeness (QED) is 0.673. The third-order valence-electron chi connectivity index (χ3n) is 3.72. The Bertz CT molecular complexity index is 707. The molecule has 1 saturated carbocycles. The first-order valence-corrected chi connectivity index (χ1v) is 7.15. The summed E-state index contributed by atoms with van der Waals surface area (Å²) in [5.41, 5.74) is 7.93. The molecule has 114 valence electrons. The molecule has 5 heteroatoms. The normalized spacial score (nSPS) is 20.8. The van der Waals surface area contributed by atoms with Crippen molar-refractivity contribution in [2.24, 2.45) is 10.7 Å². The van der Waals surface area contributed by atoms with E-state index >= 15 is 0 Å². The lowest BCUT2D eigenvalue weighted by molar-refractivity contribution is 0.555. The number of nitrogens with one attached hydrogen (secondary N) is 1. The fraction of sp³-hybridized carbons (Fsp3) is 0.235. The minimum Gasteiger partial charge on any atom is -0.370 e. The highest BCUT2D eigenvalue weighted by Gasteiger charge is 2.42. The lowest BCUT2D eigenvalue weighted by atomic mass is 10.1. The van der Waals surface area contributed by atoms with Gasteiger partial charge in [0.25, 0.3) is 0 Å². The van der Waals surface area contributed by atoms with Crippen LogP contribution in [-0.2, 0) is 0 Å². The molecule has 0 amide bonds. The first kappa shape index (κ1) is 14.5. The Hall–Kier alpha value is -2.43. The Morgan fingerprint density at radius 1 is 1.18 bits per heavy atom. The number of halogens is 2. The van der Waals surface area contributed by atoms with Gasteiger partial charge in [0.05, 0.1) is 6.04 Å². The molecule has 0 radical (unpaired) electrons. The van der Waals surface area contributed by atoms with Crippen molar-refractivity contribution in [3.8, 4) is 0 Å². The van der Waals surface area contributed by atoms with Crippen molar-refractivity contribution < 1.29 is 8.78 Å². The highest BCUT2D eigenvalue weighted by molar-refractivity contribution is 5.92. The first-order chi connectivity index (χ1) is 10.5. The molecule has 3 rings (SSSR count). The number of hydrogen-bond donors (Lipinski definition) is 2. The summed E-state index contributed by atoms with van der Waals surface area (Å²) < 4.78 is 27.4. The van der Waals surface area contributed by atoms with Crippen LogP contribution in [0.15, 0.2) is 47.5 Å². The molecule has 22 heavy (non-hydrogen) atoms. The minimum atomic E-state index is -0.520. The number of nitrogens with two attached hydrogens (primary N) is 1. The van der Waals surface area contributed by atoms with Gasteiger partial charge in [-0.1, -0.05) is 18.2 Å². The predicted molar refractivity (Wildman–Crippen MR) is 83.9 cm³/mol. The summed E-state index contributed by atoms with van der Waals surface area (Å²) in [4.78, 5) is 4.30. The van der Waals surface area contributed by atoms with Crippen LogP contribution in [0.5, 0.6) is 0 Å². The standard InChI is InChI=1S/C17H17F2N3/c1-10-4-2-5-11(8-10)21-17(20)22-15-9-12(15)16-13(18)6-3-7-14(16)19/h2-8,12,15H,9H2,1H3,(H3,20,21,22). The molecule has 1 fully saturated rings. The molecule has 2 aromatic rings. The highest BCUT2D eigenvalue weighted by atomic mass is 19.1. The van der Waals surface area contributed by atoms with Crippen LogP contribution in [0, 0.1) is 18.6 Å². The van der Waals surface area contributed by atoms with Crippen molar-refractivity contribution in [3.63, 3.8) is 0 Å². The molecular weight excluding hydrogens is 284 g/mol. The lowest BCUT2D eigenvalue weighted by Crippen LogP contribution is -2.23. The van der Waals surface area contributed by atoms with Gasteiger partial charge >= 0.3 is 0 Å². The van der Waals surface area contributed by atoms with Crippen molar-refractivity contribution in [1.82, 2.24) is 0 Å². The van der Waals surface area contributed by atoms with Gasteiger partial charge in [-0.25, -0.2) is 13.8 Å². The maximum Gasteiger partial charge on any atom is 0.193 e. The number of aliphatic imine (C=N–C) groups is 1. The fourth-order valence-corrected chi connectivity index (χ4v) is 2.58. The van der Waals surface area contributed by atoms with Crippen LogP contribution in [-0.4, -0.2) is 12.0 Å². The molecular formula is C17H17F2N3. The van der Waals surface area contributed by atoms with E-state index < -0.39 is 11.6 Å². The van der Waals surface area contributed by atoms with Gasteiger partial charge in [0, 0.05) is 17.2 Å². The van der Waals surface area contributed by atoms with Gasteiger partial charge in [-0.2, -0.15) is 0 Å². The monoisotopic (exact) mass is 301 g/mol. The van der Waals surface area contributed by atoms with E-state index in [4.69, 9.17) is 5.73 Å². The van der Waals surface area contributed by atoms with Crippen LogP contribution in [0.4, 0.5) is 14.5 Å². The number of hydrogen-bond acceptors (Lipinski definition) is 1. The third-order valence-corrected chi connectivity index (χ3v) is 3.72. The maximum absolute atomic E-state index is 13.7. The van der Waals surface area contributed by atoms with E-state index in [1.54, 1.807) is 0 Å². The molecule has 1 aliphatic carbocycles. The fourth-order valence-electron chi connectivity index (χ4n) is 2.58. The van der Waals surface area contributed by atoms with Gasteiger partial charge in [0.1, 0.15) is 11.6 Å². The first-order valence-electron chi connectivity index (χ1n) is 7.15. The summed E-state index contributed by atoms with van der Waals surface area (Å²) in [7, 11) is 0. The molecule has 2 atom stereocenters. The number of nitrogens with zero attached hydrogens (tertiary/aromatic N) is 1. The zero-order chi connectivity index (χ0) is 15.7. The molecule has 0 heterocycles. The van der Waals surface area contributed by atoms with Gasteiger partial charge in [-0.3, -0.25) is 0 Å². The van der Waals surface area contributed by atoms with Crippen molar-refractivity contribution >= 4 is 11.6 Å². The van der Waals surface area contributed by atoms with E-state index in [0.29, 0.717) is 6.42 Å². The van der Waals surface area contributed by atoms with E-state index in [1.807, 2.05) is 31.2 Å². The Morgan fingerprint density at radius 2 is 1.86 bits per heavy atom. The number of guanidine groups is 1. The number of anilines is 1. The molecule has 3 nitrogen and oxygen atoms in total. The third kappa shape index (κ3) is 3.08. The van der Waals surface area contributed by atoms with E-state index in [-0.39, 0.29) is 23.5 Å². The van der Waals surface area contributed by atoms with Crippen molar-refractivity contribution in [1.29, 1.82) is 0 Å². The van der Waals surface area contributed by atoms with E-state index in [0.717, 1.165) is 11.3 Å². The number of benzene rings is 2. The van der Waals surface area contributed by atoms with Crippen LogP contribution < -0.4 is 11.1 Å². The summed E-state index contributed by atoms with van der Waals surface area (Å²) in [6.07, 6.45) is 0.605. The van der Waals surface area contributed by atoms with Gasteiger partial charge in [-0.15, -0.1) is 0 Å². The smallest absolute Gasteiger partial charge is 0.193 e. The van der Waals surface area contributed by atoms with E-state index in [1.165, 1.54) is 18.2 Å². The van der Waals surface area contributed by atoms with Crippen LogP contribution in [0.2, 0.25) is 0 Å². The maximum atomic E-state index is 13.7. The van der Waals surface area contributed by atoms with Crippen LogP contribution >= 0.6 is 0 Å². The van der Waals surface area contributed by atoms with Crippen molar-refractivity contribution in [2.75, 3.05) is 5.32 Å². The summed E-state index contributed by atoms with van der Waals surface area (Å²) in [5.74, 6) is -1.02. The second-order valence-corrected chi connectivity index (χ2v) is 5.55. The van der Waals surface area contributed by atoms with Gasteiger partial charge in [0.15, 0.2) is 5.96 Å². The molecule has 3 N–H and O–H groups in total. The molecule has 0 spiro atoms. The Balaban J connectivity index is 1.70. The number of aryl methyl sites for hydroxylation is 1. The van der Waals surface area contributed by atoms with Crippen LogP contribution in [0.25, 0.3) is 0 Å². The summed E-state index contributed by atoms with van der Waals surface area (Å²) in [6.45, 7) is 1.98. The predicted octanol–water partition coefficient (Wildman–Crippen LogP) is 3.56. The Labute approximate surface area is 127 Å². The van der Waals surface area contributed by atoms with Crippen molar-refractivity contribution in [2.45, 2.75) is 25.3 Å². The second kappa shape index (κ2) is 5.75. The van der Waals surface area contributed by atoms with Crippen molar-refractivity contribution in [3.05, 3.63) is 65.2 Å². The average molecular weight is 301 g/mol. The van der Waals surface area contributed by atoms with E-state index in [9.17, 15) is 8.78 Å². The summed E-state index contributed by atoms with van der Waals surface area (Å²) in [6, 6.07) is 11.5. The molecule has 0 aliphatic heterocycles. The topological polar surface area (TPSA) is 50.4 Å². The van der Waals surface area contributed by atoms with E-state index in [2.05, 4.69) is 10.3 Å². The summed E-state index contributed by atoms with van der Waals surface area (Å²) in [5, 5.41) is 3.00. The lowest BCUT2D eigenvalue weighted by Gasteiger charge is -2.06.